The Hall–Kier alpha value is -2.73. The summed E-state index contributed by atoms with van der Waals surface area (Å²) < 4.78 is 57.4. The summed E-state index contributed by atoms with van der Waals surface area (Å²) in [6.45, 7) is 0.0584. The number of ether oxygens (including phenoxy) is 3. The SMILES string of the molecule is O=C(C[C@@H]1CC[C@@H](NS(=O)(=O)c2cccc(F)c2)[C@H](CO)O1)NCc1ccc2c(c1)OCO2. The van der Waals surface area contributed by atoms with Crippen molar-refractivity contribution in [1.29, 1.82) is 0 Å². The van der Waals surface area contributed by atoms with Crippen LogP contribution >= 0.6 is 0 Å². The average Bonchev–Trinajstić information content (AvgIpc) is 3.26. The number of benzene rings is 2. The van der Waals surface area contributed by atoms with Gasteiger partial charge in [0.2, 0.25) is 22.7 Å². The quantitative estimate of drug-likeness (QED) is 0.523. The Kier molecular flexibility index (Phi) is 7.13. The van der Waals surface area contributed by atoms with Crippen LogP contribution in [-0.4, -0.2) is 51.1 Å². The molecule has 9 nitrogen and oxygen atoms in total. The van der Waals surface area contributed by atoms with Gasteiger partial charge in [-0.15, -0.1) is 0 Å². The van der Waals surface area contributed by atoms with Gasteiger partial charge in [-0.05, 0) is 48.7 Å². The van der Waals surface area contributed by atoms with Crippen LogP contribution in [0.15, 0.2) is 47.4 Å². The Morgan fingerprint density at radius 1 is 1.12 bits per heavy atom. The molecule has 2 aromatic carbocycles. The number of amides is 1. The first kappa shape index (κ1) is 23.4. The summed E-state index contributed by atoms with van der Waals surface area (Å²) in [6, 6.07) is 9.40. The molecule has 0 aliphatic carbocycles. The van der Waals surface area contributed by atoms with E-state index in [4.69, 9.17) is 14.2 Å². The highest BCUT2D eigenvalue weighted by molar-refractivity contribution is 7.89. The van der Waals surface area contributed by atoms with Crippen molar-refractivity contribution in [3.63, 3.8) is 0 Å². The summed E-state index contributed by atoms with van der Waals surface area (Å²) in [5.74, 6) is 0.407. The van der Waals surface area contributed by atoms with E-state index in [1.165, 1.54) is 12.1 Å². The number of carbonyl (C=O) groups is 1. The molecule has 0 unspecified atom stereocenters. The van der Waals surface area contributed by atoms with Gasteiger partial charge in [-0.25, -0.2) is 17.5 Å². The fourth-order valence-electron chi connectivity index (χ4n) is 3.85. The van der Waals surface area contributed by atoms with Crippen LogP contribution < -0.4 is 19.5 Å². The van der Waals surface area contributed by atoms with Crippen LogP contribution in [0.5, 0.6) is 11.5 Å². The minimum Gasteiger partial charge on any atom is -0.454 e. The third-order valence-electron chi connectivity index (χ3n) is 5.55. The van der Waals surface area contributed by atoms with Crippen molar-refractivity contribution in [3.8, 4) is 11.5 Å². The minimum absolute atomic E-state index is 0.0738. The van der Waals surface area contributed by atoms with Crippen molar-refractivity contribution < 1.29 is 36.9 Å². The van der Waals surface area contributed by atoms with E-state index >= 15 is 0 Å². The molecule has 4 rings (SSSR count). The van der Waals surface area contributed by atoms with Crippen molar-refractivity contribution in [3.05, 3.63) is 53.8 Å². The van der Waals surface area contributed by atoms with Gasteiger partial charge in [0.1, 0.15) is 5.82 Å². The third-order valence-corrected chi connectivity index (χ3v) is 7.04. The Morgan fingerprint density at radius 2 is 1.94 bits per heavy atom. The molecule has 33 heavy (non-hydrogen) atoms. The van der Waals surface area contributed by atoms with Gasteiger partial charge in [0.05, 0.1) is 36.2 Å². The van der Waals surface area contributed by atoms with Crippen molar-refractivity contribution in [2.45, 2.75) is 49.0 Å². The molecule has 0 spiro atoms. The molecule has 0 aromatic heterocycles. The summed E-state index contributed by atoms with van der Waals surface area (Å²) in [4.78, 5) is 12.2. The Labute approximate surface area is 190 Å². The van der Waals surface area contributed by atoms with Gasteiger partial charge in [-0.1, -0.05) is 12.1 Å². The molecule has 2 aromatic rings. The van der Waals surface area contributed by atoms with Crippen molar-refractivity contribution in [2.75, 3.05) is 13.4 Å². The molecule has 178 valence electrons. The molecule has 3 atom stereocenters. The van der Waals surface area contributed by atoms with Crippen molar-refractivity contribution in [1.82, 2.24) is 10.0 Å². The van der Waals surface area contributed by atoms with Crippen LogP contribution in [0.4, 0.5) is 4.39 Å². The van der Waals surface area contributed by atoms with E-state index in [0.717, 1.165) is 17.7 Å². The molecular formula is C22H25FN2O7S. The second-order valence-electron chi connectivity index (χ2n) is 7.91. The number of hydrogen-bond donors (Lipinski definition) is 3. The maximum Gasteiger partial charge on any atom is 0.241 e. The molecule has 2 heterocycles. The standard InChI is InChI=1S/C22H25FN2O7S/c23-15-2-1-3-17(9-15)33(28,29)25-18-6-5-16(32-21(18)12-26)10-22(27)24-11-14-4-7-19-20(8-14)31-13-30-19/h1-4,7-9,16,18,21,25-26H,5-6,10-13H2,(H,24,27)/t16-,18+,21-/m0/s1. The molecule has 1 amide bonds. The molecule has 0 bridgehead atoms. The molecular weight excluding hydrogens is 455 g/mol. The van der Waals surface area contributed by atoms with Crippen molar-refractivity contribution >= 4 is 15.9 Å². The topological polar surface area (TPSA) is 123 Å². The largest absolute Gasteiger partial charge is 0.454 e. The number of carbonyl (C=O) groups excluding carboxylic acids is 1. The van der Waals surface area contributed by atoms with E-state index in [0.29, 0.717) is 30.9 Å². The Balaban J connectivity index is 1.28. The monoisotopic (exact) mass is 480 g/mol. The number of aliphatic hydroxyl groups is 1. The lowest BCUT2D eigenvalue weighted by molar-refractivity contribution is -0.130. The lowest BCUT2D eigenvalue weighted by Gasteiger charge is -2.35. The average molecular weight is 481 g/mol. The fraction of sp³-hybridized carbons (Fsp3) is 0.409. The first-order chi connectivity index (χ1) is 15.8. The fourth-order valence-corrected chi connectivity index (χ4v) is 5.18. The van der Waals surface area contributed by atoms with Gasteiger partial charge in [-0.3, -0.25) is 4.79 Å². The van der Waals surface area contributed by atoms with E-state index in [-0.39, 0.29) is 24.0 Å². The van der Waals surface area contributed by atoms with Gasteiger partial charge >= 0.3 is 0 Å². The van der Waals surface area contributed by atoms with Crippen LogP contribution in [0.1, 0.15) is 24.8 Å². The predicted octanol–water partition coefficient (Wildman–Crippen LogP) is 1.45. The summed E-state index contributed by atoms with van der Waals surface area (Å²) in [5, 5.41) is 12.5. The van der Waals surface area contributed by atoms with Crippen LogP contribution in [-0.2, 0) is 26.1 Å². The molecule has 11 heteroatoms. The number of aliphatic hydroxyl groups excluding tert-OH is 1. The zero-order valence-electron chi connectivity index (χ0n) is 17.7. The lowest BCUT2D eigenvalue weighted by atomic mass is 9.98. The van der Waals surface area contributed by atoms with Gasteiger partial charge in [0.15, 0.2) is 11.5 Å². The third kappa shape index (κ3) is 5.80. The molecule has 1 fully saturated rings. The number of rotatable bonds is 8. The number of sulfonamides is 1. The zero-order chi connectivity index (χ0) is 23.4. The lowest BCUT2D eigenvalue weighted by Crippen LogP contribution is -2.51. The molecule has 0 saturated carbocycles. The number of fused-ring (bicyclic) bond motifs is 1. The summed E-state index contributed by atoms with van der Waals surface area (Å²) in [5.41, 5.74) is 0.859. The van der Waals surface area contributed by atoms with Crippen LogP contribution in [0.2, 0.25) is 0 Å². The van der Waals surface area contributed by atoms with E-state index in [2.05, 4.69) is 10.0 Å². The predicted molar refractivity (Wildman–Crippen MR) is 115 cm³/mol. The first-order valence-corrected chi connectivity index (χ1v) is 12.0. The van der Waals surface area contributed by atoms with Gasteiger partial charge in [0, 0.05) is 6.54 Å². The first-order valence-electron chi connectivity index (χ1n) is 10.5. The number of hydrogen-bond acceptors (Lipinski definition) is 7. The molecule has 1 saturated heterocycles. The minimum atomic E-state index is -3.99. The molecule has 2 aliphatic rings. The van der Waals surface area contributed by atoms with E-state index in [1.54, 1.807) is 12.1 Å². The normalized spacial score (nSPS) is 22.2. The van der Waals surface area contributed by atoms with Crippen LogP contribution in [0.3, 0.4) is 0 Å². The highest BCUT2D eigenvalue weighted by atomic mass is 32.2. The van der Waals surface area contributed by atoms with Gasteiger partial charge in [0.25, 0.3) is 0 Å². The highest BCUT2D eigenvalue weighted by Gasteiger charge is 2.34. The van der Waals surface area contributed by atoms with Gasteiger partial charge < -0.3 is 24.6 Å². The second-order valence-corrected chi connectivity index (χ2v) is 9.62. The maximum atomic E-state index is 13.4. The molecule has 2 aliphatic heterocycles. The maximum absolute atomic E-state index is 13.4. The summed E-state index contributed by atoms with van der Waals surface area (Å²) in [6.07, 6.45) is -0.434. The van der Waals surface area contributed by atoms with E-state index in [1.807, 2.05) is 6.07 Å². The van der Waals surface area contributed by atoms with Crippen LogP contribution in [0.25, 0.3) is 0 Å². The summed E-state index contributed by atoms with van der Waals surface area (Å²) >= 11 is 0. The Morgan fingerprint density at radius 3 is 2.73 bits per heavy atom. The van der Waals surface area contributed by atoms with Crippen molar-refractivity contribution in [2.24, 2.45) is 0 Å². The molecule has 0 radical (unpaired) electrons. The van der Waals surface area contributed by atoms with Crippen LogP contribution in [0, 0.1) is 5.82 Å². The summed E-state index contributed by atoms with van der Waals surface area (Å²) in [7, 11) is -3.99. The number of nitrogens with one attached hydrogen (secondary N) is 2. The molecule has 3 N–H and O–H groups in total. The van der Waals surface area contributed by atoms with Gasteiger partial charge in [-0.2, -0.15) is 0 Å². The zero-order valence-corrected chi connectivity index (χ0v) is 18.5. The second kappa shape index (κ2) is 10.0. The highest BCUT2D eigenvalue weighted by Crippen LogP contribution is 2.32. The number of halogens is 1. The van der Waals surface area contributed by atoms with E-state index < -0.39 is 40.7 Å². The van der Waals surface area contributed by atoms with E-state index in [9.17, 15) is 22.7 Å². The Bertz CT molecular complexity index is 1110. The smallest absolute Gasteiger partial charge is 0.241 e.